The van der Waals surface area contributed by atoms with Gasteiger partial charge in [0.05, 0.1) is 12.0 Å². The summed E-state index contributed by atoms with van der Waals surface area (Å²) in [7, 11) is 0. The van der Waals surface area contributed by atoms with E-state index in [2.05, 4.69) is 20.8 Å². The van der Waals surface area contributed by atoms with E-state index in [4.69, 9.17) is 0 Å². The first-order chi connectivity index (χ1) is 14.0. The van der Waals surface area contributed by atoms with Crippen LogP contribution in [0, 0.1) is 45.3 Å². The van der Waals surface area contributed by atoms with Crippen LogP contribution in [0.1, 0.15) is 79.6 Å². The molecular formula is C26H40O4. The molecule has 30 heavy (non-hydrogen) atoms. The normalized spacial score (nSPS) is 49.8. The average Bonchev–Trinajstić information content (AvgIpc) is 2.68. The third-order valence-electron chi connectivity index (χ3n) is 10.7. The Morgan fingerprint density at radius 1 is 1.13 bits per heavy atom. The summed E-state index contributed by atoms with van der Waals surface area (Å²) in [5.41, 5.74) is -0.0579. The SMILES string of the molecule is CC(=O)C1=CCC2C3(C)CCC4C(C)(C)CCCC4(CO)C3CC(O)C2(C)C1C=O. The van der Waals surface area contributed by atoms with Gasteiger partial charge in [0.1, 0.15) is 6.29 Å². The summed E-state index contributed by atoms with van der Waals surface area (Å²) >= 11 is 0. The smallest absolute Gasteiger partial charge is 0.156 e. The van der Waals surface area contributed by atoms with Crippen LogP contribution in [0.5, 0.6) is 0 Å². The van der Waals surface area contributed by atoms with Crippen LogP contribution in [0.15, 0.2) is 11.6 Å². The van der Waals surface area contributed by atoms with Crippen molar-refractivity contribution in [3.05, 3.63) is 11.6 Å². The molecule has 0 aromatic heterocycles. The van der Waals surface area contributed by atoms with Gasteiger partial charge in [0, 0.05) is 23.0 Å². The van der Waals surface area contributed by atoms with Crippen molar-refractivity contribution in [1.29, 1.82) is 0 Å². The van der Waals surface area contributed by atoms with Gasteiger partial charge in [-0.05, 0) is 74.0 Å². The molecule has 3 fully saturated rings. The van der Waals surface area contributed by atoms with Crippen molar-refractivity contribution >= 4 is 12.1 Å². The fourth-order valence-corrected chi connectivity index (χ4v) is 9.26. The number of allylic oxidation sites excluding steroid dienone is 2. The summed E-state index contributed by atoms with van der Waals surface area (Å²) in [6, 6.07) is 0. The number of aliphatic hydroxyl groups is 2. The van der Waals surface area contributed by atoms with E-state index in [0.717, 1.165) is 38.4 Å². The quantitative estimate of drug-likeness (QED) is 0.672. The Hall–Kier alpha value is -1.00. The summed E-state index contributed by atoms with van der Waals surface area (Å²) in [6.45, 7) is 10.8. The zero-order valence-electron chi connectivity index (χ0n) is 19.4. The van der Waals surface area contributed by atoms with E-state index >= 15 is 0 Å². The zero-order valence-corrected chi connectivity index (χ0v) is 19.4. The van der Waals surface area contributed by atoms with E-state index in [-0.39, 0.29) is 40.5 Å². The molecule has 4 rings (SSSR count). The number of hydrogen-bond acceptors (Lipinski definition) is 4. The van der Waals surface area contributed by atoms with Crippen molar-refractivity contribution in [2.45, 2.75) is 85.7 Å². The van der Waals surface area contributed by atoms with Gasteiger partial charge in [-0.2, -0.15) is 0 Å². The molecule has 0 aromatic rings. The van der Waals surface area contributed by atoms with Gasteiger partial charge in [0.15, 0.2) is 5.78 Å². The molecule has 8 unspecified atom stereocenters. The van der Waals surface area contributed by atoms with Crippen LogP contribution in [-0.2, 0) is 9.59 Å². The topological polar surface area (TPSA) is 74.6 Å². The minimum Gasteiger partial charge on any atom is -0.396 e. The van der Waals surface area contributed by atoms with E-state index in [1.807, 2.05) is 13.0 Å². The first-order valence-electron chi connectivity index (χ1n) is 11.9. The van der Waals surface area contributed by atoms with E-state index < -0.39 is 17.4 Å². The number of fused-ring (bicyclic) bond motifs is 5. The van der Waals surface area contributed by atoms with Gasteiger partial charge < -0.3 is 15.0 Å². The molecule has 2 N–H and O–H groups in total. The molecule has 0 radical (unpaired) electrons. The molecule has 0 bridgehead atoms. The Kier molecular flexibility index (Phi) is 5.18. The highest BCUT2D eigenvalue weighted by Gasteiger charge is 2.69. The minimum atomic E-state index is -0.647. The summed E-state index contributed by atoms with van der Waals surface area (Å²) in [6.07, 6.45) is 9.10. The molecule has 4 aliphatic rings. The number of carbonyl (C=O) groups excluding carboxylic acids is 2. The van der Waals surface area contributed by atoms with E-state index in [0.29, 0.717) is 17.9 Å². The number of Topliss-reactive ketones (excluding diaryl/α,β-unsaturated/α-hetero) is 1. The number of rotatable bonds is 3. The molecule has 3 saturated carbocycles. The highest BCUT2D eigenvalue weighted by Crippen LogP contribution is 2.72. The lowest BCUT2D eigenvalue weighted by Gasteiger charge is -2.70. The Morgan fingerprint density at radius 2 is 1.83 bits per heavy atom. The van der Waals surface area contributed by atoms with E-state index in [9.17, 15) is 19.8 Å². The number of aldehydes is 1. The molecule has 0 saturated heterocycles. The van der Waals surface area contributed by atoms with Gasteiger partial charge in [0.25, 0.3) is 0 Å². The van der Waals surface area contributed by atoms with Gasteiger partial charge in [-0.15, -0.1) is 0 Å². The second kappa shape index (κ2) is 7.00. The molecule has 0 amide bonds. The zero-order chi connectivity index (χ0) is 22.1. The van der Waals surface area contributed by atoms with E-state index in [1.165, 1.54) is 13.3 Å². The number of ketones is 1. The third kappa shape index (κ3) is 2.65. The molecule has 4 aliphatic carbocycles. The summed E-state index contributed by atoms with van der Waals surface area (Å²) < 4.78 is 0. The fourth-order valence-electron chi connectivity index (χ4n) is 9.26. The Balaban J connectivity index is 1.83. The molecule has 4 nitrogen and oxygen atoms in total. The summed E-state index contributed by atoms with van der Waals surface area (Å²) in [4.78, 5) is 24.5. The maximum atomic E-state index is 12.3. The van der Waals surface area contributed by atoms with Crippen molar-refractivity contribution in [2.75, 3.05) is 6.61 Å². The van der Waals surface area contributed by atoms with Crippen LogP contribution in [-0.4, -0.2) is 35.0 Å². The van der Waals surface area contributed by atoms with Crippen molar-refractivity contribution in [2.24, 2.45) is 45.3 Å². The predicted molar refractivity (Wildman–Crippen MR) is 117 cm³/mol. The lowest BCUT2D eigenvalue weighted by Crippen LogP contribution is -2.67. The van der Waals surface area contributed by atoms with Gasteiger partial charge >= 0.3 is 0 Å². The fraction of sp³-hybridized carbons (Fsp3) is 0.846. The highest BCUT2D eigenvalue weighted by atomic mass is 16.3. The van der Waals surface area contributed by atoms with Crippen molar-refractivity contribution in [3.63, 3.8) is 0 Å². The highest BCUT2D eigenvalue weighted by molar-refractivity contribution is 5.97. The van der Waals surface area contributed by atoms with Gasteiger partial charge in [-0.3, -0.25) is 4.79 Å². The summed E-state index contributed by atoms with van der Waals surface area (Å²) in [5, 5.41) is 22.4. The first-order valence-corrected chi connectivity index (χ1v) is 11.9. The largest absolute Gasteiger partial charge is 0.396 e. The molecule has 4 heteroatoms. The Bertz CT molecular complexity index is 769. The number of carbonyl (C=O) groups is 2. The molecule has 0 heterocycles. The second-order valence-electron chi connectivity index (χ2n) is 12.1. The Morgan fingerprint density at radius 3 is 2.43 bits per heavy atom. The number of hydrogen-bond donors (Lipinski definition) is 2. The van der Waals surface area contributed by atoms with Crippen LogP contribution in [0.3, 0.4) is 0 Å². The van der Waals surface area contributed by atoms with Gasteiger partial charge in [-0.25, -0.2) is 0 Å². The molecular weight excluding hydrogens is 376 g/mol. The van der Waals surface area contributed by atoms with Crippen molar-refractivity contribution < 1.29 is 19.8 Å². The second-order valence-corrected chi connectivity index (χ2v) is 12.1. The van der Waals surface area contributed by atoms with Crippen LogP contribution in [0.4, 0.5) is 0 Å². The third-order valence-corrected chi connectivity index (χ3v) is 10.7. The molecule has 168 valence electrons. The van der Waals surface area contributed by atoms with Crippen molar-refractivity contribution in [3.8, 4) is 0 Å². The maximum Gasteiger partial charge on any atom is 0.156 e. The van der Waals surface area contributed by atoms with Gasteiger partial charge in [0.2, 0.25) is 0 Å². The van der Waals surface area contributed by atoms with Crippen LogP contribution in [0.25, 0.3) is 0 Å². The molecule has 0 spiro atoms. The average molecular weight is 417 g/mol. The Labute approximate surface area is 181 Å². The minimum absolute atomic E-state index is 0.0549. The van der Waals surface area contributed by atoms with Crippen LogP contribution >= 0.6 is 0 Å². The van der Waals surface area contributed by atoms with Gasteiger partial charge in [-0.1, -0.05) is 40.2 Å². The lowest BCUT2D eigenvalue weighted by atomic mass is 9.34. The molecule has 0 aliphatic heterocycles. The number of aliphatic hydroxyl groups excluding tert-OH is 2. The first kappa shape index (κ1) is 22.2. The molecule has 0 aromatic carbocycles. The monoisotopic (exact) mass is 416 g/mol. The van der Waals surface area contributed by atoms with E-state index in [1.54, 1.807) is 0 Å². The van der Waals surface area contributed by atoms with Crippen LogP contribution in [0.2, 0.25) is 0 Å². The lowest BCUT2D eigenvalue weighted by molar-refractivity contribution is -0.244. The van der Waals surface area contributed by atoms with Crippen LogP contribution < -0.4 is 0 Å². The summed E-state index contributed by atoms with van der Waals surface area (Å²) in [5.74, 6) is 0.225. The standard InChI is InChI=1S/C26H40O4/c1-16(29)17-7-8-20-24(4)12-9-19-23(2,3)10-6-11-26(19,15-28)21(24)13-22(30)25(20,5)18(17)14-27/h7,14,18-22,28,30H,6,8-13,15H2,1-5H3. The van der Waals surface area contributed by atoms with Crippen molar-refractivity contribution in [1.82, 2.24) is 0 Å². The predicted octanol–water partition coefficient (Wildman–Crippen LogP) is 4.33. The molecule has 8 atom stereocenters. The maximum absolute atomic E-state index is 12.3.